The zero-order valence-corrected chi connectivity index (χ0v) is 12.7. The topological polar surface area (TPSA) is 57.4 Å². The maximum Gasteiger partial charge on any atom is 0.407 e. The maximum absolute atomic E-state index is 13.0. The minimum atomic E-state index is -4.91. The van der Waals surface area contributed by atoms with E-state index in [1.54, 1.807) is 6.07 Å². The highest BCUT2D eigenvalue weighted by Gasteiger charge is 2.36. The Labute approximate surface area is 142 Å². The fourth-order valence-electron chi connectivity index (χ4n) is 2.10. The van der Waals surface area contributed by atoms with Crippen molar-refractivity contribution in [1.29, 1.82) is 5.26 Å². The van der Waals surface area contributed by atoms with Gasteiger partial charge in [0.2, 0.25) is 5.89 Å². The second kappa shape index (κ2) is 6.96. The van der Waals surface area contributed by atoms with E-state index >= 15 is 0 Å². The summed E-state index contributed by atoms with van der Waals surface area (Å²) < 4.78 is 82.5. The van der Waals surface area contributed by atoms with Gasteiger partial charge >= 0.3 is 12.4 Å². The third-order valence-corrected chi connectivity index (χ3v) is 3.13. The number of nitriles is 1. The minimum absolute atomic E-state index is 0.175. The molecule has 0 aliphatic rings. The van der Waals surface area contributed by atoms with Crippen molar-refractivity contribution < 1.29 is 30.8 Å². The lowest BCUT2D eigenvalue weighted by Crippen LogP contribution is -2.34. The van der Waals surface area contributed by atoms with Gasteiger partial charge in [-0.2, -0.15) is 31.6 Å². The third-order valence-electron chi connectivity index (χ3n) is 3.13. The summed E-state index contributed by atoms with van der Waals surface area (Å²) in [7, 11) is 0. The van der Waals surface area contributed by atoms with Crippen LogP contribution in [0, 0.1) is 17.9 Å². The first kappa shape index (κ1) is 19.1. The van der Waals surface area contributed by atoms with Gasteiger partial charge in [-0.05, 0) is 12.1 Å². The monoisotopic (exact) mass is 374 g/mol. The zero-order chi connectivity index (χ0) is 19.5. The first-order chi connectivity index (χ1) is 12.0. The maximum atomic E-state index is 13.0. The Morgan fingerprint density at radius 2 is 1.92 bits per heavy atom. The van der Waals surface area contributed by atoms with Gasteiger partial charge in [-0.25, -0.2) is 9.83 Å². The standard InChI is InChI=1S/C15H8F6N4O/c1-23-12-3-2-10(4-11(12)15(19,20)21)25(8-14(16,17)18)6-13-24-9(5-22)7-26-13/h2-4,7H,6,8H2. The van der Waals surface area contributed by atoms with E-state index in [-0.39, 0.29) is 11.6 Å². The van der Waals surface area contributed by atoms with Crippen LogP contribution >= 0.6 is 0 Å². The summed E-state index contributed by atoms with van der Waals surface area (Å²) in [5.74, 6) is -0.270. The molecule has 0 fully saturated rings. The molecule has 0 amide bonds. The third kappa shape index (κ3) is 4.66. The first-order valence-corrected chi connectivity index (χ1v) is 6.78. The molecule has 0 spiro atoms. The Bertz CT molecular complexity index is 872. The van der Waals surface area contributed by atoms with E-state index in [9.17, 15) is 26.3 Å². The molecule has 11 heteroatoms. The molecule has 0 bridgehead atoms. The number of hydrogen-bond acceptors (Lipinski definition) is 4. The Kier molecular flexibility index (Phi) is 5.12. The van der Waals surface area contributed by atoms with Gasteiger partial charge in [0.1, 0.15) is 18.9 Å². The molecule has 0 saturated heterocycles. The number of hydrogen-bond donors (Lipinski definition) is 0. The van der Waals surface area contributed by atoms with Gasteiger partial charge < -0.3 is 9.32 Å². The number of benzene rings is 1. The smallest absolute Gasteiger partial charge is 0.407 e. The average Bonchev–Trinajstić information content (AvgIpc) is 2.99. The number of halogens is 6. The summed E-state index contributed by atoms with van der Waals surface area (Å²) in [6.45, 7) is 4.57. The molecule has 1 aromatic heterocycles. The SMILES string of the molecule is [C-]#[N+]c1ccc(N(Cc2nc(C#N)co2)CC(F)(F)F)cc1C(F)(F)F. The molecule has 0 aliphatic heterocycles. The summed E-state index contributed by atoms with van der Waals surface area (Å²) in [6.07, 6.45) is -8.71. The summed E-state index contributed by atoms with van der Waals surface area (Å²) >= 11 is 0. The van der Waals surface area contributed by atoms with E-state index in [0.717, 1.165) is 18.4 Å². The summed E-state index contributed by atoms with van der Waals surface area (Å²) in [4.78, 5) is 6.92. The van der Waals surface area contributed by atoms with E-state index in [2.05, 4.69) is 9.83 Å². The van der Waals surface area contributed by atoms with E-state index < -0.39 is 42.4 Å². The highest BCUT2D eigenvalue weighted by Crippen LogP contribution is 2.39. The highest BCUT2D eigenvalue weighted by atomic mass is 19.4. The number of oxazole rings is 1. The van der Waals surface area contributed by atoms with E-state index in [1.807, 2.05) is 0 Å². The minimum Gasteiger partial charge on any atom is -0.446 e. The lowest BCUT2D eigenvalue weighted by molar-refractivity contribution is -0.136. The number of anilines is 1. The molecule has 0 aliphatic carbocycles. The highest BCUT2D eigenvalue weighted by molar-refractivity contribution is 5.62. The fraction of sp³-hybridized carbons (Fsp3) is 0.267. The quantitative estimate of drug-likeness (QED) is 0.576. The van der Waals surface area contributed by atoms with Crippen molar-refractivity contribution in [3.63, 3.8) is 0 Å². The van der Waals surface area contributed by atoms with Crippen LogP contribution in [-0.2, 0) is 12.7 Å². The second-order valence-electron chi connectivity index (χ2n) is 5.02. The van der Waals surface area contributed by atoms with Crippen LogP contribution in [-0.4, -0.2) is 17.7 Å². The zero-order valence-electron chi connectivity index (χ0n) is 12.7. The van der Waals surface area contributed by atoms with Crippen molar-refractivity contribution in [3.8, 4) is 6.07 Å². The van der Waals surface area contributed by atoms with Crippen LogP contribution in [0.1, 0.15) is 17.1 Å². The molecule has 0 N–H and O–H groups in total. The molecule has 0 saturated carbocycles. The van der Waals surface area contributed by atoms with Gasteiger partial charge in [0.15, 0.2) is 11.4 Å². The van der Waals surface area contributed by atoms with Crippen LogP contribution in [0.4, 0.5) is 37.7 Å². The van der Waals surface area contributed by atoms with Crippen LogP contribution in [0.3, 0.4) is 0 Å². The van der Waals surface area contributed by atoms with Crippen molar-refractivity contribution in [2.24, 2.45) is 0 Å². The Morgan fingerprint density at radius 1 is 1.23 bits per heavy atom. The van der Waals surface area contributed by atoms with Gasteiger partial charge in [-0.3, -0.25) is 0 Å². The van der Waals surface area contributed by atoms with E-state index in [4.69, 9.17) is 16.3 Å². The lowest BCUT2D eigenvalue weighted by Gasteiger charge is -2.25. The molecule has 2 rings (SSSR count). The molecule has 26 heavy (non-hydrogen) atoms. The van der Waals surface area contributed by atoms with Gasteiger partial charge in [0, 0.05) is 5.69 Å². The van der Waals surface area contributed by atoms with E-state index in [1.165, 1.54) is 0 Å². The van der Waals surface area contributed by atoms with Crippen molar-refractivity contribution in [3.05, 3.63) is 53.0 Å². The molecule has 0 radical (unpaired) electrons. The second-order valence-corrected chi connectivity index (χ2v) is 5.02. The van der Waals surface area contributed by atoms with Crippen molar-refractivity contribution in [2.45, 2.75) is 18.9 Å². The predicted molar refractivity (Wildman–Crippen MR) is 76.0 cm³/mol. The first-order valence-electron chi connectivity index (χ1n) is 6.78. The molecule has 2 aromatic rings. The van der Waals surface area contributed by atoms with Crippen molar-refractivity contribution in [1.82, 2.24) is 4.98 Å². The molecule has 1 aromatic carbocycles. The molecule has 0 unspecified atom stereocenters. The fourth-order valence-corrected chi connectivity index (χ4v) is 2.10. The predicted octanol–water partition coefficient (Wildman–Crippen LogP) is 4.68. The molecular weight excluding hydrogens is 366 g/mol. The largest absolute Gasteiger partial charge is 0.446 e. The van der Waals surface area contributed by atoms with Gasteiger partial charge in [-0.15, -0.1) is 0 Å². The Hall–Kier alpha value is -3.21. The number of alkyl halides is 6. The number of aromatic nitrogens is 1. The molecule has 5 nitrogen and oxygen atoms in total. The van der Waals surface area contributed by atoms with Gasteiger partial charge in [0.05, 0.1) is 18.7 Å². The summed E-state index contributed by atoms with van der Waals surface area (Å²) in [5.41, 5.74) is -2.66. The average molecular weight is 374 g/mol. The molecular formula is C15H8F6N4O. The van der Waals surface area contributed by atoms with Crippen LogP contribution in [0.2, 0.25) is 0 Å². The molecule has 0 atom stereocenters. The number of nitrogens with zero attached hydrogens (tertiary/aromatic N) is 4. The van der Waals surface area contributed by atoms with Crippen LogP contribution in [0.15, 0.2) is 28.9 Å². The van der Waals surface area contributed by atoms with Gasteiger partial charge in [-0.1, -0.05) is 6.07 Å². The van der Waals surface area contributed by atoms with Crippen LogP contribution in [0.25, 0.3) is 4.85 Å². The van der Waals surface area contributed by atoms with E-state index in [0.29, 0.717) is 11.0 Å². The lowest BCUT2D eigenvalue weighted by atomic mass is 10.1. The summed E-state index contributed by atoms with van der Waals surface area (Å²) in [5, 5.41) is 8.65. The molecule has 136 valence electrons. The Balaban J connectivity index is 2.45. The van der Waals surface area contributed by atoms with Crippen molar-refractivity contribution in [2.75, 3.05) is 11.4 Å². The van der Waals surface area contributed by atoms with Crippen molar-refractivity contribution >= 4 is 11.4 Å². The number of rotatable bonds is 4. The van der Waals surface area contributed by atoms with Crippen LogP contribution in [0.5, 0.6) is 0 Å². The van der Waals surface area contributed by atoms with Gasteiger partial charge in [0.25, 0.3) is 0 Å². The Morgan fingerprint density at radius 3 is 2.42 bits per heavy atom. The normalized spacial score (nSPS) is 11.7. The molecule has 1 heterocycles. The van der Waals surface area contributed by atoms with Crippen LogP contribution < -0.4 is 4.90 Å². The summed E-state index contributed by atoms with van der Waals surface area (Å²) in [6, 6.07) is 3.86.